The molecule has 0 radical (unpaired) electrons. The lowest BCUT2D eigenvalue weighted by Gasteiger charge is -2.15. The summed E-state index contributed by atoms with van der Waals surface area (Å²) in [5, 5.41) is 3.33. The van der Waals surface area contributed by atoms with E-state index in [9.17, 15) is 4.39 Å². The molecule has 0 aliphatic carbocycles. The van der Waals surface area contributed by atoms with E-state index in [0.29, 0.717) is 12.1 Å². The lowest BCUT2D eigenvalue weighted by molar-refractivity contribution is 0.544. The zero-order valence-corrected chi connectivity index (χ0v) is 13.6. The number of halogens is 3. The molecule has 0 saturated carbocycles. The number of benzene rings is 2. The highest BCUT2D eigenvalue weighted by atomic mass is 79.9. The van der Waals surface area contributed by atoms with Gasteiger partial charge in [-0.15, -0.1) is 0 Å². The van der Waals surface area contributed by atoms with Crippen LogP contribution >= 0.6 is 31.9 Å². The fraction of sp³-hybridized carbons (Fsp3) is 0.200. The highest BCUT2D eigenvalue weighted by Gasteiger charge is 2.07. The molecule has 19 heavy (non-hydrogen) atoms. The van der Waals surface area contributed by atoms with Crippen LogP contribution in [0.2, 0.25) is 0 Å². The first-order valence-electron chi connectivity index (χ1n) is 5.99. The third-order valence-electron chi connectivity index (χ3n) is 2.98. The highest BCUT2D eigenvalue weighted by Crippen LogP contribution is 2.19. The van der Waals surface area contributed by atoms with Gasteiger partial charge in [0.15, 0.2) is 0 Å². The van der Waals surface area contributed by atoms with Gasteiger partial charge in [0.05, 0.1) is 0 Å². The van der Waals surface area contributed by atoms with Gasteiger partial charge >= 0.3 is 0 Å². The third kappa shape index (κ3) is 4.13. The summed E-state index contributed by atoms with van der Waals surface area (Å²) in [5.41, 5.74) is 1.84. The zero-order valence-electron chi connectivity index (χ0n) is 10.5. The topological polar surface area (TPSA) is 12.0 Å². The Labute approximate surface area is 129 Å². The average Bonchev–Trinajstić information content (AvgIpc) is 2.40. The van der Waals surface area contributed by atoms with Crippen LogP contribution in [0.25, 0.3) is 0 Å². The van der Waals surface area contributed by atoms with Crippen molar-refractivity contribution in [2.24, 2.45) is 0 Å². The van der Waals surface area contributed by atoms with Gasteiger partial charge < -0.3 is 5.32 Å². The summed E-state index contributed by atoms with van der Waals surface area (Å²) in [6.45, 7) is 2.57. The van der Waals surface area contributed by atoms with Crippen molar-refractivity contribution < 1.29 is 4.39 Å². The summed E-state index contributed by atoms with van der Waals surface area (Å²) < 4.78 is 15.6. The Morgan fingerprint density at radius 1 is 1.05 bits per heavy atom. The maximum absolute atomic E-state index is 13.6. The lowest BCUT2D eigenvalue weighted by Crippen LogP contribution is -2.18. The maximum atomic E-state index is 13.6. The van der Waals surface area contributed by atoms with E-state index in [0.717, 1.165) is 8.95 Å². The Kier molecular flexibility index (Phi) is 5.13. The van der Waals surface area contributed by atoms with Gasteiger partial charge in [-0.3, -0.25) is 0 Å². The van der Waals surface area contributed by atoms with E-state index in [1.165, 1.54) is 11.6 Å². The van der Waals surface area contributed by atoms with Crippen molar-refractivity contribution in [2.45, 2.75) is 19.5 Å². The van der Waals surface area contributed by atoms with Crippen molar-refractivity contribution in [1.82, 2.24) is 5.32 Å². The number of hydrogen-bond donors (Lipinski definition) is 1. The molecule has 4 heteroatoms. The van der Waals surface area contributed by atoms with E-state index in [-0.39, 0.29) is 11.9 Å². The molecule has 1 nitrogen and oxygen atoms in total. The second-order valence-corrected chi connectivity index (χ2v) is 6.22. The predicted molar refractivity (Wildman–Crippen MR) is 83.5 cm³/mol. The van der Waals surface area contributed by atoms with E-state index in [4.69, 9.17) is 0 Å². The van der Waals surface area contributed by atoms with Crippen LogP contribution in [-0.2, 0) is 6.54 Å². The molecule has 2 aromatic rings. The van der Waals surface area contributed by atoms with E-state index < -0.39 is 0 Å². The molecular weight excluding hydrogens is 373 g/mol. The zero-order chi connectivity index (χ0) is 13.8. The largest absolute Gasteiger partial charge is 0.306 e. The molecule has 100 valence electrons. The first-order chi connectivity index (χ1) is 9.06. The first kappa shape index (κ1) is 14.7. The average molecular weight is 387 g/mol. The number of rotatable bonds is 4. The molecule has 0 aliphatic rings. The van der Waals surface area contributed by atoms with Crippen LogP contribution in [0.4, 0.5) is 4.39 Å². The first-order valence-corrected chi connectivity index (χ1v) is 7.57. The number of nitrogens with one attached hydrogen (secondary N) is 1. The molecule has 0 heterocycles. The summed E-state index contributed by atoms with van der Waals surface area (Å²) in [5.74, 6) is -0.182. The van der Waals surface area contributed by atoms with Gasteiger partial charge in [-0.25, -0.2) is 4.39 Å². The second-order valence-electron chi connectivity index (χ2n) is 4.39. The van der Waals surface area contributed by atoms with Crippen LogP contribution < -0.4 is 5.32 Å². The molecule has 1 atom stereocenters. The van der Waals surface area contributed by atoms with Crippen molar-refractivity contribution in [1.29, 1.82) is 0 Å². The van der Waals surface area contributed by atoms with Gasteiger partial charge in [0.25, 0.3) is 0 Å². The fourth-order valence-corrected chi connectivity index (χ4v) is 2.48. The van der Waals surface area contributed by atoms with Crippen LogP contribution in [0.1, 0.15) is 24.1 Å². The number of hydrogen-bond acceptors (Lipinski definition) is 1. The Morgan fingerprint density at radius 3 is 2.37 bits per heavy atom. The van der Waals surface area contributed by atoms with Crippen molar-refractivity contribution in [3.8, 4) is 0 Å². The predicted octanol–water partition coefficient (Wildman–Crippen LogP) is 5.20. The minimum absolute atomic E-state index is 0.173. The van der Waals surface area contributed by atoms with Crippen molar-refractivity contribution in [3.63, 3.8) is 0 Å². The van der Waals surface area contributed by atoms with Gasteiger partial charge in [0.2, 0.25) is 0 Å². The standard InChI is InChI=1S/C15H14Br2FN/c1-10(11-2-4-13(16)5-3-11)19-9-12-8-14(17)6-7-15(12)18/h2-8,10,19H,9H2,1H3/t10-/m1/s1. The molecule has 1 N–H and O–H groups in total. The maximum Gasteiger partial charge on any atom is 0.127 e. The van der Waals surface area contributed by atoms with E-state index >= 15 is 0 Å². The van der Waals surface area contributed by atoms with Gasteiger partial charge in [0, 0.05) is 27.1 Å². The van der Waals surface area contributed by atoms with Gasteiger partial charge in [-0.1, -0.05) is 44.0 Å². The molecule has 0 aromatic heterocycles. The third-order valence-corrected chi connectivity index (χ3v) is 4.00. The van der Waals surface area contributed by atoms with Crippen molar-refractivity contribution in [3.05, 3.63) is 68.4 Å². The molecule has 0 spiro atoms. The van der Waals surface area contributed by atoms with Crippen LogP contribution in [0, 0.1) is 5.82 Å². The molecule has 0 saturated heterocycles. The van der Waals surface area contributed by atoms with Crippen LogP contribution in [0.3, 0.4) is 0 Å². The molecule has 0 unspecified atom stereocenters. The minimum Gasteiger partial charge on any atom is -0.306 e. The Morgan fingerprint density at radius 2 is 1.68 bits per heavy atom. The molecular formula is C15H14Br2FN. The Bertz CT molecular complexity index is 555. The smallest absolute Gasteiger partial charge is 0.127 e. The van der Waals surface area contributed by atoms with Gasteiger partial charge in [0.1, 0.15) is 5.82 Å². The molecule has 0 aliphatic heterocycles. The monoisotopic (exact) mass is 385 g/mol. The molecule has 0 amide bonds. The van der Waals surface area contributed by atoms with E-state index in [1.54, 1.807) is 12.1 Å². The quantitative estimate of drug-likeness (QED) is 0.761. The SMILES string of the molecule is C[C@@H](NCc1cc(Br)ccc1F)c1ccc(Br)cc1. The fourth-order valence-electron chi connectivity index (χ4n) is 1.81. The van der Waals surface area contributed by atoms with Crippen molar-refractivity contribution >= 4 is 31.9 Å². The molecule has 0 bridgehead atoms. The van der Waals surface area contributed by atoms with E-state index in [1.807, 2.05) is 12.1 Å². The molecule has 0 fully saturated rings. The summed E-state index contributed by atoms with van der Waals surface area (Å²) >= 11 is 6.77. The summed E-state index contributed by atoms with van der Waals surface area (Å²) in [7, 11) is 0. The second kappa shape index (κ2) is 6.64. The van der Waals surface area contributed by atoms with Crippen LogP contribution in [0.15, 0.2) is 51.4 Å². The Balaban J connectivity index is 2.02. The van der Waals surface area contributed by atoms with Crippen LogP contribution in [-0.4, -0.2) is 0 Å². The van der Waals surface area contributed by atoms with Gasteiger partial charge in [-0.05, 0) is 42.8 Å². The Hall–Kier alpha value is -0.710. The molecule has 2 rings (SSSR count). The summed E-state index contributed by atoms with van der Waals surface area (Å²) in [4.78, 5) is 0. The lowest BCUT2D eigenvalue weighted by atomic mass is 10.1. The summed E-state index contributed by atoms with van der Waals surface area (Å²) in [6, 6.07) is 13.3. The molecule has 2 aromatic carbocycles. The highest BCUT2D eigenvalue weighted by molar-refractivity contribution is 9.10. The normalized spacial score (nSPS) is 12.4. The minimum atomic E-state index is -0.182. The van der Waals surface area contributed by atoms with Gasteiger partial charge in [-0.2, -0.15) is 0 Å². The summed E-state index contributed by atoms with van der Waals surface area (Å²) in [6.07, 6.45) is 0. The van der Waals surface area contributed by atoms with Crippen LogP contribution in [0.5, 0.6) is 0 Å². The van der Waals surface area contributed by atoms with Crippen molar-refractivity contribution in [2.75, 3.05) is 0 Å². The van der Waals surface area contributed by atoms with E-state index in [2.05, 4.69) is 56.2 Å².